The quantitative estimate of drug-likeness (QED) is 0.663. The molecule has 0 fully saturated rings. The fourth-order valence-corrected chi connectivity index (χ4v) is 2.69. The molecule has 0 aliphatic heterocycles. The van der Waals surface area contributed by atoms with Crippen LogP contribution in [0.4, 0.5) is 17.6 Å². The summed E-state index contributed by atoms with van der Waals surface area (Å²) in [6.45, 7) is 0.638. The van der Waals surface area contributed by atoms with E-state index >= 15 is 0 Å². The Morgan fingerprint density at radius 3 is 2.14 bits per heavy atom. The third kappa shape index (κ3) is 5.95. The smallest absolute Gasteiger partial charge is 0.416 e. The van der Waals surface area contributed by atoms with Gasteiger partial charge in [0.25, 0.3) is 0 Å². The van der Waals surface area contributed by atoms with Crippen molar-refractivity contribution < 1.29 is 27.1 Å². The van der Waals surface area contributed by atoms with Crippen LogP contribution in [0.5, 0.6) is 5.75 Å². The monoisotopic (exact) mass is 398 g/mol. The van der Waals surface area contributed by atoms with E-state index in [9.17, 15) is 22.4 Å². The van der Waals surface area contributed by atoms with E-state index in [1.54, 1.807) is 25.1 Å². The van der Waals surface area contributed by atoms with Gasteiger partial charge in [0.2, 0.25) is 5.91 Å². The lowest BCUT2D eigenvalue weighted by Crippen LogP contribution is -2.36. The topological polar surface area (TPSA) is 32.8 Å². The SMILES string of the molecule is COc1ccc(CN(C)C(=O)CN(C)Cc2ccc(C(F)(F)F)cc2)cc1F. The van der Waals surface area contributed by atoms with Crippen LogP contribution in [-0.4, -0.2) is 43.5 Å². The van der Waals surface area contributed by atoms with Crippen LogP contribution in [0.2, 0.25) is 0 Å². The molecule has 1 amide bonds. The molecule has 0 N–H and O–H groups in total. The largest absolute Gasteiger partial charge is 0.494 e. The molecule has 0 unspecified atom stereocenters. The second-order valence-corrected chi connectivity index (χ2v) is 6.59. The molecule has 0 atom stereocenters. The van der Waals surface area contributed by atoms with E-state index in [0.29, 0.717) is 17.7 Å². The molecule has 152 valence electrons. The molecule has 0 radical (unpaired) electrons. The Labute approximate surface area is 161 Å². The molecule has 4 nitrogen and oxygen atoms in total. The molecule has 0 aliphatic rings. The first-order valence-electron chi connectivity index (χ1n) is 8.51. The van der Waals surface area contributed by atoms with Crippen molar-refractivity contribution in [1.29, 1.82) is 0 Å². The van der Waals surface area contributed by atoms with E-state index in [1.165, 1.54) is 36.3 Å². The summed E-state index contributed by atoms with van der Waals surface area (Å²) in [5.74, 6) is -0.556. The summed E-state index contributed by atoms with van der Waals surface area (Å²) in [6, 6.07) is 9.33. The van der Waals surface area contributed by atoms with E-state index in [4.69, 9.17) is 4.74 Å². The highest BCUT2D eigenvalue weighted by Crippen LogP contribution is 2.29. The van der Waals surface area contributed by atoms with Gasteiger partial charge in [-0.05, 0) is 42.4 Å². The summed E-state index contributed by atoms with van der Waals surface area (Å²) in [5, 5.41) is 0. The minimum atomic E-state index is -4.37. The predicted octanol–water partition coefficient (Wildman–Crippen LogP) is 3.94. The number of likely N-dealkylation sites (N-methyl/N-ethyl adjacent to an activating group) is 2. The van der Waals surface area contributed by atoms with Gasteiger partial charge in [-0.2, -0.15) is 13.2 Å². The van der Waals surface area contributed by atoms with Crippen LogP contribution in [0, 0.1) is 5.82 Å². The van der Waals surface area contributed by atoms with Crippen molar-refractivity contribution in [3.63, 3.8) is 0 Å². The van der Waals surface area contributed by atoms with Gasteiger partial charge >= 0.3 is 6.18 Å². The Morgan fingerprint density at radius 2 is 1.61 bits per heavy atom. The van der Waals surface area contributed by atoms with Crippen LogP contribution in [-0.2, 0) is 24.1 Å². The fourth-order valence-electron chi connectivity index (χ4n) is 2.69. The van der Waals surface area contributed by atoms with Crippen LogP contribution in [0.25, 0.3) is 0 Å². The van der Waals surface area contributed by atoms with Crippen molar-refractivity contribution >= 4 is 5.91 Å². The minimum Gasteiger partial charge on any atom is -0.494 e. The van der Waals surface area contributed by atoms with Crippen molar-refractivity contribution in [2.24, 2.45) is 0 Å². The maximum Gasteiger partial charge on any atom is 0.416 e. The summed E-state index contributed by atoms with van der Waals surface area (Å²) in [6.07, 6.45) is -4.37. The molecule has 0 saturated carbocycles. The number of halogens is 4. The Kier molecular flexibility index (Phi) is 7.01. The number of nitrogens with zero attached hydrogens (tertiary/aromatic N) is 2. The highest BCUT2D eigenvalue weighted by atomic mass is 19.4. The third-order valence-corrected chi connectivity index (χ3v) is 4.20. The second-order valence-electron chi connectivity index (χ2n) is 6.59. The molecule has 2 aromatic rings. The molecule has 8 heteroatoms. The highest BCUT2D eigenvalue weighted by molar-refractivity contribution is 5.78. The molecule has 0 aliphatic carbocycles. The second kappa shape index (κ2) is 9.05. The van der Waals surface area contributed by atoms with Crippen LogP contribution in [0.15, 0.2) is 42.5 Å². The molecule has 28 heavy (non-hydrogen) atoms. The standard InChI is InChI=1S/C20H22F4N2O2/c1-25(11-14-4-7-16(8-5-14)20(22,23)24)13-19(27)26(2)12-15-6-9-18(28-3)17(21)10-15/h4-10H,11-13H2,1-3H3. The first-order chi connectivity index (χ1) is 13.1. The lowest BCUT2D eigenvalue weighted by atomic mass is 10.1. The summed E-state index contributed by atoms with van der Waals surface area (Å²) in [5.41, 5.74) is 0.587. The number of amides is 1. The van der Waals surface area contributed by atoms with Gasteiger partial charge in [-0.15, -0.1) is 0 Å². The predicted molar refractivity (Wildman–Crippen MR) is 97.2 cm³/mol. The Balaban J connectivity index is 1.89. The number of alkyl halides is 3. The van der Waals surface area contributed by atoms with E-state index in [2.05, 4.69) is 0 Å². The first kappa shape index (κ1) is 21.7. The number of carbonyl (C=O) groups is 1. The number of hydrogen-bond acceptors (Lipinski definition) is 3. The maximum absolute atomic E-state index is 13.7. The number of ether oxygens (including phenoxy) is 1. The van der Waals surface area contributed by atoms with Crippen molar-refractivity contribution in [2.45, 2.75) is 19.3 Å². The molecule has 0 aromatic heterocycles. The lowest BCUT2D eigenvalue weighted by Gasteiger charge is -2.22. The van der Waals surface area contributed by atoms with Gasteiger partial charge in [0, 0.05) is 20.1 Å². The average Bonchev–Trinajstić information content (AvgIpc) is 2.61. The normalized spacial score (nSPS) is 11.6. The molecular weight excluding hydrogens is 376 g/mol. The van der Waals surface area contributed by atoms with E-state index < -0.39 is 17.6 Å². The fraction of sp³-hybridized carbons (Fsp3) is 0.350. The Hall–Kier alpha value is -2.61. The summed E-state index contributed by atoms with van der Waals surface area (Å²) in [7, 11) is 4.69. The highest BCUT2D eigenvalue weighted by Gasteiger charge is 2.29. The number of hydrogen-bond donors (Lipinski definition) is 0. The van der Waals surface area contributed by atoms with Crippen LogP contribution >= 0.6 is 0 Å². The van der Waals surface area contributed by atoms with Crippen molar-refractivity contribution in [3.8, 4) is 5.75 Å². The van der Waals surface area contributed by atoms with E-state index in [0.717, 1.165) is 12.1 Å². The van der Waals surface area contributed by atoms with Gasteiger partial charge in [0.15, 0.2) is 11.6 Å². The zero-order valence-electron chi connectivity index (χ0n) is 15.9. The average molecular weight is 398 g/mol. The third-order valence-electron chi connectivity index (χ3n) is 4.20. The molecular formula is C20H22F4N2O2. The van der Waals surface area contributed by atoms with Gasteiger partial charge in [0.1, 0.15) is 0 Å². The lowest BCUT2D eigenvalue weighted by molar-refractivity contribution is -0.137. The summed E-state index contributed by atoms with van der Waals surface area (Å²) in [4.78, 5) is 15.5. The zero-order valence-corrected chi connectivity index (χ0v) is 15.9. The van der Waals surface area contributed by atoms with Crippen LogP contribution in [0.1, 0.15) is 16.7 Å². The molecule has 0 bridgehead atoms. The van der Waals surface area contributed by atoms with E-state index in [-0.39, 0.29) is 24.7 Å². The molecule has 2 aromatic carbocycles. The first-order valence-corrected chi connectivity index (χ1v) is 8.51. The number of methoxy groups -OCH3 is 1. The van der Waals surface area contributed by atoms with Gasteiger partial charge < -0.3 is 9.64 Å². The van der Waals surface area contributed by atoms with Crippen LogP contribution in [0.3, 0.4) is 0 Å². The zero-order chi connectivity index (χ0) is 20.9. The van der Waals surface area contributed by atoms with Crippen molar-refractivity contribution in [1.82, 2.24) is 9.80 Å². The minimum absolute atomic E-state index is 0.0795. The van der Waals surface area contributed by atoms with Gasteiger partial charge in [0.05, 0.1) is 19.2 Å². The number of benzene rings is 2. The van der Waals surface area contributed by atoms with Gasteiger partial charge in [-0.1, -0.05) is 18.2 Å². The van der Waals surface area contributed by atoms with Crippen LogP contribution < -0.4 is 4.74 Å². The van der Waals surface area contributed by atoms with Crippen molar-refractivity contribution in [2.75, 3.05) is 27.7 Å². The van der Waals surface area contributed by atoms with Gasteiger partial charge in [-0.3, -0.25) is 9.69 Å². The number of carbonyl (C=O) groups excluding carboxylic acids is 1. The summed E-state index contributed by atoms with van der Waals surface area (Å²) < 4.78 is 56.4. The Bertz CT molecular complexity index is 807. The molecule has 2 rings (SSSR count). The maximum atomic E-state index is 13.7. The Morgan fingerprint density at radius 1 is 1.00 bits per heavy atom. The molecule has 0 spiro atoms. The van der Waals surface area contributed by atoms with Gasteiger partial charge in [-0.25, -0.2) is 4.39 Å². The number of rotatable bonds is 7. The molecule has 0 saturated heterocycles. The summed E-state index contributed by atoms with van der Waals surface area (Å²) >= 11 is 0. The van der Waals surface area contributed by atoms with E-state index in [1.807, 2.05) is 0 Å². The van der Waals surface area contributed by atoms with Crippen molar-refractivity contribution in [3.05, 3.63) is 65.0 Å². The molecule has 0 heterocycles.